The van der Waals surface area contributed by atoms with E-state index in [4.69, 9.17) is 16.7 Å². The smallest absolute Gasteiger partial charge is 0.354 e. The van der Waals surface area contributed by atoms with Crippen molar-refractivity contribution in [1.29, 1.82) is 0 Å². The van der Waals surface area contributed by atoms with E-state index in [1.807, 2.05) is 0 Å². The highest BCUT2D eigenvalue weighted by Crippen LogP contribution is 2.26. The Balaban J connectivity index is 2.26. The van der Waals surface area contributed by atoms with Crippen molar-refractivity contribution in [3.63, 3.8) is 0 Å². The Labute approximate surface area is 127 Å². The number of nitrogens with one attached hydrogen (secondary N) is 1. The number of benzene rings is 1. The molecule has 0 bridgehead atoms. The third-order valence-electron chi connectivity index (χ3n) is 2.42. The second kappa shape index (κ2) is 6.02. The van der Waals surface area contributed by atoms with Gasteiger partial charge in [-0.15, -0.1) is 0 Å². The molecule has 0 unspecified atom stereocenters. The van der Waals surface area contributed by atoms with Crippen molar-refractivity contribution in [2.24, 2.45) is 0 Å². The molecule has 2 rings (SSSR count). The SMILES string of the molecule is O=C(Nc1cc(Br)ccc1Cl)c1ccnc(C(=O)O)c1. The minimum Gasteiger partial charge on any atom is -0.477 e. The van der Waals surface area contributed by atoms with Gasteiger partial charge < -0.3 is 10.4 Å². The lowest BCUT2D eigenvalue weighted by atomic mass is 10.2. The molecule has 20 heavy (non-hydrogen) atoms. The van der Waals surface area contributed by atoms with E-state index in [9.17, 15) is 9.59 Å². The van der Waals surface area contributed by atoms with Crippen molar-refractivity contribution < 1.29 is 14.7 Å². The van der Waals surface area contributed by atoms with Crippen LogP contribution in [0.3, 0.4) is 0 Å². The first kappa shape index (κ1) is 14.5. The molecular weight excluding hydrogens is 348 g/mol. The first-order valence-corrected chi connectivity index (χ1v) is 6.60. The van der Waals surface area contributed by atoms with Crippen LogP contribution in [0.2, 0.25) is 5.02 Å². The lowest BCUT2D eigenvalue weighted by Gasteiger charge is -2.08. The maximum Gasteiger partial charge on any atom is 0.354 e. The van der Waals surface area contributed by atoms with Crippen LogP contribution >= 0.6 is 27.5 Å². The molecule has 102 valence electrons. The molecule has 0 saturated carbocycles. The molecule has 2 aromatic rings. The van der Waals surface area contributed by atoms with Gasteiger partial charge in [0.2, 0.25) is 0 Å². The summed E-state index contributed by atoms with van der Waals surface area (Å²) in [4.78, 5) is 26.5. The van der Waals surface area contributed by atoms with Crippen LogP contribution in [0.15, 0.2) is 41.0 Å². The van der Waals surface area contributed by atoms with Crippen molar-refractivity contribution in [1.82, 2.24) is 4.98 Å². The minimum absolute atomic E-state index is 0.188. The molecule has 1 amide bonds. The standard InChI is InChI=1S/C13H8BrClN2O3/c14-8-1-2-9(15)10(6-8)17-12(18)7-3-4-16-11(5-7)13(19)20/h1-6H,(H,17,18)(H,19,20). The number of pyridine rings is 1. The van der Waals surface area contributed by atoms with Crippen LogP contribution in [0.4, 0.5) is 5.69 Å². The Hall–Kier alpha value is -1.92. The topological polar surface area (TPSA) is 79.3 Å². The second-order valence-corrected chi connectivity index (χ2v) is 5.14. The van der Waals surface area contributed by atoms with E-state index in [1.54, 1.807) is 18.2 Å². The summed E-state index contributed by atoms with van der Waals surface area (Å²) in [5, 5.41) is 11.8. The highest BCUT2D eigenvalue weighted by molar-refractivity contribution is 9.10. The average Bonchev–Trinajstić information content (AvgIpc) is 2.43. The van der Waals surface area contributed by atoms with Gasteiger partial charge in [0.05, 0.1) is 10.7 Å². The molecule has 0 saturated heterocycles. The van der Waals surface area contributed by atoms with E-state index in [0.29, 0.717) is 10.7 Å². The van der Waals surface area contributed by atoms with Gasteiger partial charge in [0, 0.05) is 16.2 Å². The van der Waals surface area contributed by atoms with E-state index < -0.39 is 11.9 Å². The fraction of sp³-hybridized carbons (Fsp3) is 0. The number of carbonyl (C=O) groups is 2. The number of carboxylic acid groups (broad SMARTS) is 1. The normalized spacial score (nSPS) is 10.1. The quantitative estimate of drug-likeness (QED) is 0.884. The zero-order valence-electron chi connectivity index (χ0n) is 9.93. The molecular formula is C13H8BrClN2O3. The third-order valence-corrected chi connectivity index (χ3v) is 3.24. The number of rotatable bonds is 3. The zero-order valence-corrected chi connectivity index (χ0v) is 12.3. The number of hydrogen-bond acceptors (Lipinski definition) is 3. The molecule has 7 heteroatoms. The number of amides is 1. The Morgan fingerprint density at radius 1 is 1.25 bits per heavy atom. The van der Waals surface area contributed by atoms with Crippen molar-refractivity contribution >= 4 is 45.1 Å². The molecule has 0 atom stereocenters. The van der Waals surface area contributed by atoms with Gasteiger partial charge in [0.15, 0.2) is 0 Å². The van der Waals surface area contributed by atoms with Crippen LogP contribution in [-0.2, 0) is 0 Å². The number of anilines is 1. The molecule has 0 aliphatic rings. The molecule has 0 aliphatic heterocycles. The van der Waals surface area contributed by atoms with Crippen LogP contribution in [0.1, 0.15) is 20.8 Å². The number of nitrogens with zero attached hydrogens (tertiary/aromatic N) is 1. The second-order valence-electron chi connectivity index (χ2n) is 3.81. The molecule has 5 nitrogen and oxygen atoms in total. The van der Waals surface area contributed by atoms with Crippen LogP contribution in [0.5, 0.6) is 0 Å². The van der Waals surface area contributed by atoms with Crippen LogP contribution in [0.25, 0.3) is 0 Å². The molecule has 2 N–H and O–H groups in total. The summed E-state index contributed by atoms with van der Waals surface area (Å²) < 4.78 is 0.762. The van der Waals surface area contributed by atoms with Crippen LogP contribution in [0, 0.1) is 0 Å². The van der Waals surface area contributed by atoms with E-state index in [-0.39, 0.29) is 11.3 Å². The first-order valence-electron chi connectivity index (χ1n) is 5.43. The Morgan fingerprint density at radius 2 is 2.00 bits per heavy atom. The average molecular weight is 356 g/mol. The van der Waals surface area contributed by atoms with Crippen molar-refractivity contribution in [3.05, 3.63) is 57.3 Å². The molecule has 0 aliphatic carbocycles. The zero-order chi connectivity index (χ0) is 14.7. The van der Waals surface area contributed by atoms with Gasteiger partial charge in [0.25, 0.3) is 5.91 Å². The van der Waals surface area contributed by atoms with E-state index in [2.05, 4.69) is 26.2 Å². The van der Waals surface area contributed by atoms with E-state index in [0.717, 1.165) is 4.47 Å². The van der Waals surface area contributed by atoms with Gasteiger partial charge in [-0.05, 0) is 30.3 Å². The summed E-state index contributed by atoms with van der Waals surface area (Å²) >= 11 is 9.24. The highest BCUT2D eigenvalue weighted by Gasteiger charge is 2.12. The van der Waals surface area contributed by atoms with Crippen molar-refractivity contribution in [3.8, 4) is 0 Å². The van der Waals surface area contributed by atoms with Gasteiger partial charge in [-0.1, -0.05) is 27.5 Å². The summed E-state index contributed by atoms with van der Waals surface area (Å²) in [7, 11) is 0. The lowest BCUT2D eigenvalue weighted by molar-refractivity contribution is 0.0690. The molecule has 0 radical (unpaired) electrons. The van der Waals surface area contributed by atoms with Gasteiger partial charge >= 0.3 is 5.97 Å². The van der Waals surface area contributed by atoms with E-state index >= 15 is 0 Å². The predicted octanol–water partition coefficient (Wildman–Crippen LogP) is 3.45. The maximum atomic E-state index is 12.0. The van der Waals surface area contributed by atoms with Gasteiger partial charge in [0.1, 0.15) is 5.69 Å². The summed E-state index contributed by atoms with van der Waals surface area (Å²) in [6.45, 7) is 0. The molecule has 1 aromatic carbocycles. The van der Waals surface area contributed by atoms with Crippen molar-refractivity contribution in [2.75, 3.05) is 5.32 Å². The Kier molecular flexibility index (Phi) is 4.36. The monoisotopic (exact) mass is 354 g/mol. The molecule has 0 spiro atoms. The van der Waals surface area contributed by atoms with Crippen molar-refractivity contribution in [2.45, 2.75) is 0 Å². The lowest BCUT2D eigenvalue weighted by Crippen LogP contribution is -2.13. The number of carboxylic acids is 1. The molecule has 0 fully saturated rings. The van der Waals surface area contributed by atoms with Gasteiger partial charge in [-0.2, -0.15) is 0 Å². The van der Waals surface area contributed by atoms with E-state index in [1.165, 1.54) is 18.3 Å². The van der Waals surface area contributed by atoms with Gasteiger partial charge in [-0.25, -0.2) is 9.78 Å². The Morgan fingerprint density at radius 3 is 2.70 bits per heavy atom. The maximum absolute atomic E-state index is 12.0. The summed E-state index contributed by atoms with van der Waals surface area (Å²) in [5.74, 6) is -1.66. The number of aromatic nitrogens is 1. The number of carbonyl (C=O) groups excluding carboxylic acids is 1. The number of halogens is 2. The van der Waals surface area contributed by atoms with Crippen LogP contribution in [-0.4, -0.2) is 22.0 Å². The third kappa shape index (κ3) is 3.34. The molecule has 1 heterocycles. The minimum atomic E-state index is -1.19. The Bertz CT molecular complexity index is 691. The molecule has 1 aromatic heterocycles. The van der Waals surface area contributed by atoms with Crippen LogP contribution < -0.4 is 5.32 Å². The summed E-state index contributed by atoms with van der Waals surface area (Å²) in [5.41, 5.74) is 0.422. The number of aromatic carboxylic acids is 1. The highest BCUT2D eigenvalue weighted by atomic mass is 79.9. The largest absolute Gasteiger partial charge is 0.477 e. The summed E-state index contributed by atoms with van der Waals surface area (Å²) in [6.07, 6.45) is 1.26. The number of hydrogen-bond donors (Lipinski definition) is 2. The fourth-order valence-electron chi connectivity index (χ4n) is 1.48. The first-order chi connectivity index (χ1) is 9.47. The predicted molar refractivity (Wildman–Crippen MR) is 78.3 cm³/mol. The summed E-state index contributed by atoms with van der Waals surface area (Å²) in [6, 6.07) is 7.65. The van der Waals surface area contributed by atoms with Gasteiger partial charge in [-0.3, -0.25) is 4.79 Å². The fourth-order valence-corrected chi connectivity index (χ4v) is 2.00.